The van der Waals surface area contributed by atoms with Gasteiger partial charge in [0, 0.05) is 12.4 Å². The van der Waals surface area contributed by atoms with E-state index in [2.05, 4.69) is 4.98 Å². The molecule has 0 saturated carbocycles. The summed E-state index contributed by atoms with van der Waals surface area (Å²) in [5.41, 5.74) is 0. The molecule has 0 aliphatic rings. The van der Waals surface area contributed by atoms with Crippen molar-refractivity contribution >= 4 is 0 Å². The van der Waals surface area contributed by atoms with Gasteiger partial charge in [-0.2, -0.15) is 0 Å². The van der Waals surface area contributed by atoms with E-state index in [1.165, 1.54) is 0 Å². The van der Waals surface area contributed by atoms with Gasteiger partial charge < -0.3 is 8.83 Å². The smallest absolute Gasteiger partial charge is 0.111 e. The molecule has 0 N–H and O–H groups in total. The highest BCUT2D eigenvalue weighted by molar-refractivity contribution is 5.12. The van der Waals surface area contributed by atoms with Crippen LogP contribution in [0.5, 0.6) is 0 Å². The van der Waals surface area contributed by atoms with Crippen LogP contribution in [0.2, 0.25) is 0 Å². The van der Waals surface area contributed by atoms with Gasteiger partial charge >= 0.3 is 0 Å². The van der Waals surface area contributed by atoms with Crippen molar-refractivity contribution in [1.82, 2.24) is 4.98 Å². The fourth-order valence-corrected chi connectivity index (χ4v) is 1.48. The average Bonchev–Trinajstić information content (AvgIpc) is 3.05. The molecule has 3 nitrogen and oxygen atoms in total. The van der Waals surface area contributed by atoms with Crippen molar-refractivity contribution in [2.24, 2.45) is 0 Å². The number of hydrogen-bond acceptors (Lipinski definition) is 3. The molecule has 0 aromatic carbocycles. The van der Waals surface area contributed by atoms with Crippen molar-refractivity contribution in [2.45, 2.75) is 13.3 Å². The fraction of sp³-hybridized carbons (Fsp3) is 0.133. The third-order valence-electron chi connectivity index (χ3n) is 2.29. The van der Waals surface area contributed by atoms with E-state index in [0.717, 1.165) is 23.7 Å². The highest BCUT2D eigenvalue weighted by Crippen LogP contribution is 2.12. The molecule has 3 aromatic heterocycles. The van der Waals surface area contributed by atoms with Crippen molar-refractivity contribution < 1.29 is 8.83 Å². The van der Waals surface area contributed by atoms with Crippen LogP contribution in [0.3, 0.4) is 0 Å². The Bertz CT molecular complexity index is 514. The number of pyridine rings is 1. The average molecular weight is 241 g/mol. The van der Waals surface area contributed by atoms with Gasteiger partial charge in [0.2, 0.25) is 0 Å². The van der Waals surface area contributed by atoms with Gasteiger partial charge in [-0.15, -0.1) is 0 Å². The highest BCUT2D eigenvalue weighted by Gasteiger charge is 2.01. The van der Waals surface area contributed by atoms with Crippen molar-refractivity contribution in [3.8, 4) is 0 Å². The number of nitrogens with zero attached hydrogens (tertiary/aromatic N) is 1. The molecule has 0 aliphatic carbocycles. The SMILES string of the molecule is Cc1ccc(Cc2ccco2)o1.c1ccncc1. The Morgan fingerprint density at radius 1 is 0.944 bits per heavy atom. The standard InChI is InChI=1S/C10H10O2.C5H5N/c1-8-4-5-10(12-8)7-9-3-2-6-11-9;1-2-4-6-5-3-1/h2-6H,7H2,1H3;1-5H. The molecule has 0 radical (unpaired) electrons. The third kappa shape index (κ3) is 3.94. The van der Waals surface area contributed by atoms with Gasteiger partial charge in [0.25, 0.3) is 0 Å². The zero-order valence-corrected chi connectivity index (χ0v) is 10.2. The first-order valence-corrected chi connectivity index (χ1v) is 5.77. The van der Waals surface area contributed by atoms with E-state index in [1.807, 2.05) is 49.4 Å². The molecule has 18 heavy (non-hydrogen) atoms. The van der Waals surface area contributed by atoms with Gasteiger partial charge in [-0.25, -0.2) is 0 Å². The first-order chi connectivity index (χ1) is 8.84. The largest absolute Gasteiger partial charge is 0.469 e. The molecule has 3 heterocycles. The van der Waals surface area contributed by atoms with Crippen molar-refractivity contribution in [3.05, 3.63) is 78.4 Å². The molecule has 0 amide bonds. The van der Waals surface area contributed by atoms with E-state index in [4.69, 9.17) is 8.83 Å². The Kier molecular flexibility index (Phi) is 4.36. The van der Waals surface area contributed by atoms with Crippen molar-refractivity contribution in [1.29, 1.82) is 0 Å². The number of furan rings is 2. The maximum atomic E-state index is 5.40. The first-order valence-electron chi connectivity index (χ1n) is 5.77. The molecule has 92 valence electrons. The number of aryl methyl sites for hydroxylation is 1. The van der Waals surface area contributed by atoms with Crippen LogP contribution < -0.4 is 0 Å². The fourth-order valence-electron chi connectivity index (χ4n) is 1.48. The van der Waals surface area contributed by atoms with Crippen LogP contribution in [0, 0.1) is 6.92 Å². The monoisotopic (exact) mass is 241 g/mol. The minimum atomic E-state index is 0.737. The van der Waals surface area contributed by atoms with Gasteiger partial charge in [0.15, 0.2) is 0 Å². The Hall–Kier alpha value is -2.29. The van der Waals surface area contributed by atoms with E-state index < -0.39 is 0 Å². The summed E-state index contributed by atoms with van der Waals surface area (Å²) >= 11 is 0. The van der Waals surface area contributed by atoms with E-state index in [-0.39, 0.29) is 0 Å². The molecule has 0 unspecified atom stereocenters. The number of hydrogen-bond donors (Lipinski definition) is 0. The molecule has 0 atom stereocenters. The molecule has 0 fully saturated rings. The van der Waals surface area contributed by atoms with Gasteiger partial charge in [-0.1, -0.05) is 6.07 Å². The van der Waals surface area contributed by atoms with Crippen LogP contribution in [0.15, 0.2) is 70.0 Å². The summed E-state index contributed by atoms with van der Waals surface area (Å²) in [4.78, 5) is 3.78. The second-order valence-corrected chi connectivity index (χ2v) is 3.79. The summed E-state index contributed by atoms with van der Waals surface area (Å²) in [6.45, 7) is 1.94. The second-order valence-electron chi connectivity index (χ2n) is 3.79. The first kappa shape index (κ1) is 12.2. The molecule has 3 rings (SSSR count). The predicted molar refractivity (Wildman–Crippen MR) is 69.2 cm³/mol. The zero-order chi connectivity index (χ0) is 12.6. The summed E-state index contributed by atoms with van der Waals surface area (Å²) in [6, 6.07) is 13.5. The van der Waals surface area contributed by atoms with E-state index in [9.17, 15) is 0 Å². The van der Waals surface area contributed by atoms with E-state index in [0.29, 0.717) is 0 Å². The lowest BCUT2D eigenvalue weighted by molar-refractivity contribution is 0.460. The summed E-state index contributed by atoms with van der Waals surface area (Å²) < 4.78 is 10.6. The van der Waals surface area contributed by atoms with E-state index >= 15 is 0 Å². The quantitative estimate of drug-likeness (QED) is 0.684. The molecule has 0 aliphatic heterocycles. The van der Waals surface area contributed by atoms with Gasteiger partial charge in [0.1, 0.15) is 17.3 Å². The zero-order valence-electron chi connectivity index (χ0n) is 10.2. The summed E-state index contributed by atoms with van der Waals surface area (Å²) in [7, 11) is 0. The minimum absolute atomic E-state index is 0.737. The molecular formula is C15H15NO2. The molecule has 0 bridgehead atoms. The summed E-state index contributed by atoms with van der Waals surface area (Å²) in [6.07, 6.45) is 5.91. The van der Waals surface area contributed by atoms with Crippen LogP contribution in [0.25, 0.3) is 0 Å². The molecule has 0 spiro atoms. The molecule has 3 aromatic rings. The van der Waals surface area contributed by atoms with Gasteiger partial charge in [-0.3, -0.25) is 4.98 Å². The maximum absolute atomic E-state index is 5.40. The summed E-state index contributed by atoms with van der Waals surface area (Å²) in [5, 5.41) is 0. The normalized spacial score (nSPS) is 9.61. The Labute approximate surface area is 106 Å². The minimum Gasteiger partial charge on any atom is -0.469 e. The van der Waals surface area contributed by atoms with Crippen LogP contribution in [-0.2, 0) is 6.42 Å². The van der Waals surface area contributed by atoms with Crippen molar-refractivity contribution in [2.75, 3.05) is 0 Å². The van der Waals surface area contributed by atoms with Crippen LogP contribution >= 0.6 is 0 Å². The predicted octanol–water partition coefficient (Wildman–Crippen LogP) is 3.85. The maximum Gasteiger partial charge on any atom is 0.111 e. The summed E-state index contributed by atoms with van der Waals surface area (Å²) in [5.74, 6) is 2.82. The van der Waals surface area contributed by atoms with Crippen LogP contribution in [0.4, 0.5) is 0 Å². The highest BCUT2D eigenvalue weighted by atomic mass is 16.3. The number of rotatable bonds is 2. The Balaban J connectivity index is 0.000000169. The molecular weight excluding hydrogens is 226 g/mol. The van der Waals surface area contributed by atoms with Crippen LogP contribution in [-0.4, -0.2) is 4.98 Å². The molecule has 0 saturated heterocycles. The van der Waals surface area contributed by atoms with Crippen LogP contribution in [0.1, 0.15) is 17.3 Å². The third-order valence-corrected chi connectivity index (χ3v) is 2.29. The second kappa shape index (κ2) is 6.45. The van der Waals surface area contributed by atoms with Gasteiger partial charge in [0.05, 0.1) is 12.7 Å². The lowest BCUT2D eigenvalue weighted by Gasteiger charge is -1.90. The lowest BCUT2D eigenvalue weighted by atomic mass is 10.3. The van der Waals surface area contributed by atoms with Crippen molar-refractivity contribution in [3.63, 3.8) is 0 Å². The Morgan fingerprint density at radius 2 is 1.78 bits per heavy atom. The Morgan fingerprint density at radius 3 is 2.22 bits per heavy atom. The lowest BCUT2D eigenvalue weighted by Crippen LogP contribution is -1.80. The number of aromatic nitrogens is 1. The topological polar surface area (TPSA) is 39.2 Å². The van der Waals surface area contributed by atoms with Gasteiger partial charge in [-0.05, 0) is 43.3 Å². The van der Waals surface area contributed by atoms with E-state index in [1.54, 1.807) is 18.7 Å². The molecule has 3 heteroatoms.